The minimum Gasteiger partial charge on any atom is -0.490 e. The highest BCUT2D eigenvalue weighted by Gasteiger charge is 2.33. The van der Waals surface area contributed by atoms with Gasteiger partial charge in [-0.2, -0.15) is 0 Å². The molecule has 0 spiro atoms. The lowest BCUT2D eigenvalue weighted by Gasteiger charge is -2.37. The first-order valence-electron chi connectivity index (χ1n) is 9.47. The van der Waals surface area contributed by atoms with Crippen LogP contribution in [-0.2, 0) is 20.8 Å². The van der Waals surface area contributed by atoms with Gasteiger partial charge in [0.05, 0.1) is 18.3 Å². The zero-order valence-corrected chi connectivity index (χ0v) is 16.1. The molecular formula is C22H32O4. The molecule has 0 aliphatic carbocycles. The summed E-state index contributed by atoms with van der Waals surface area (Å²) in [6.07, 6.45) is 5.75. The van der Waals surface area contributed by atoms with Gasteiger partial charge in [0.15, 0.2) is 6.29 Å². The van der Waals surface area contributed by atoms with Crippen LogP contribution in [0.4, 0.5) is 0 Å². The van der Waals surface area contributed by atoms with Gasteiger partial charge in [-0.25, -0.2) is 0 Å². The quantitative estimate of drug-likeness (QED) is 0.517. The molecule has 1 saturated heterocycles. The van der Waals surface area contributed by atoms with E-state index in [-0.39, 0.29) is 24.4 Å². The fraction of sp³-hybridized carbons (Fsp3) is 0.545. The van der Waals surface area contributed by atoms with Crippen molar-refractivity contribution in [2.75, 3.05) is 0 Å². The fourth-order valence-corrected chi connectivity index (χ4v) is 2.93. The average Bonchev–Trinajstić information content (AvgIpc) is 2.62. The van der Waals surface area contributed by atoms with Crippen molar-refractivity contribution in [1.29, 1.82) is 0 Å². The Hall–Kier alpha value is -1.62. The molecule has 0 unspecified atom stereocenters. The summed E-state index contributed by atoms with van der Waals surface area (Å²) in [6.45, 7) is 10.5. The lowest BCUT2D eigenvalue weighted by Crippen LogP contribution is -2.44. The summed E-state index contributed by atoms with van der Waals surface area (Å²) in [6, 6.07) is 10.0. The Balaban J connectivity index is 1.63. The molecule has 4 heteroatoms. The maximum absolute atomic E-state index is 9.83. The predicted molar refractivity (Wildman–Crippen MR) is 103 cm³/mol. The largest absolute Gasteiger partial charge is 0.490 e. The molecule has 0 amide bonds. The van der Waals surface area contributed by atoms with E-state index in [1.54, 1.807) is 0 Å². The van der Waals surface area contributed by atoms with Crippen molar-refractivity contribution in [3.63, 3.8) is 0 Å². The summed E-state index contributed by atoms with van der Waals surface area (Å²) in [4.78, 5) is 0. The lowest BCUT2D eigenvalue weighted by atomic mass is 9.96. The Bertz CT molecular complexity index is 569. The summed E-state index contributed by atoms with van der Waals surface area (Å²) in [5.74, 6) is 0.861. The number of hydrogen-bond acceptors (Lipinski definition) is 4. The van der Waals surface area contributed by atoms with Crippen molar-refractivity contribution in [3.8, 4) is 0 Å². The first-order chi connectivity index (χ1) is 12.5. The number of benzene rings is 1. The molecule has 1 aliphatic rings. The molecule has 0 saturated carbocycles. The Morgan fingerprint density at radius 3 is 2.81 bits per heavy atom. The van der Waals surface area contributed by atoms with Crippen LogP contribution in [0.5, 0.6) is 0 Å². The molecule has 5 atom stereocenters. The van der Waals surface area contributed by atoms with Gasteiger partial charge in [-0.15, -0.1) is 0 Å². The van der Waals surface area contributed by atoms with Crippen LogP contribution in [0.1, 0.15) is 45.6 Å². The third-order valence-electron chi connectivity index (χ3n) is 4.65. The maximum atomic E-state index is 9.83. The topological polar surface area (TPSA) is 47.9 Å². The molecular weight excluding hydrogens is 328 g/mol. The number of hydrogen-bond donors (Lipinski definition) is 1. The van der Waals surface area contributed by atoms with Crippen LogP contribution in [0.15, 0.2) is 54.8 Å². The summed E-state index contributed by atoms with van der Waals surface area (Å²) < 4.78 is 17.4. The monoisotopic (exact) mass is 360 g/mol. The van der Waals surface area contributed by atoms with Gasteiger partial charge in [-0.3, -0.25) is 0 Å². The summed E-state index contributed by atoms with van der Waals surface area (Å²) in [5.41, 5.74) is 1.13. The van der Waals surface area contributed by atoms with Gasteiger partial charge >= 0.3 is 0 Å². The maximum Gasteiger partial charge on any atom is 0.161 e. The molecule has 4 nitrogen and oxygen atoms in total. The highest BCUT2D eigenvalue weighted by molar-refractivity contribution is 5.15. The molecule has 0 radical (unpaired) electrons. The second-order valence-corrected chi connectivity index (χ2v) is 7.16. The summed E-state index contributed by atoms with van der Waals surface area (Å²) >= 11 is 0. The van der Waals surface area contributed by atoms with Gasteiger partial charge in [-0.1, -0.05) is 49.9 Å². The molecule has 1 aromatic carbocycles. The molecule has 0 aromatic heterocycles. The fourth-order valence-electron chi connectivity index (χ4n) is 2.93. The Morgan fingerprint density at radius 1 is 1.35 bits per heavy atom. The molecule has 26 heavy (non-hydrogen) atoms. The lowest BCUT2D eigenvalue weighted by molar-refractivity contribution is -0.255. The minimum absolute atomic E-state index is 0.0908. The van der Waals surface area contributed by atoms with E-state index in [1.807, 2.05) is 43.3 Å². The van der Waals surface area contributed by atoms with Gasteiger partial charge in [0, 0.05) is 5.92 Å². The Kier molecular flexibility index (Phi) is 8.36. The van der Waals surface area contributed by atoms with Crippen molar-refractivity contribution in [3.05, 3.63) is 60.4 Å². The van der Waals surface area contributed by atoms with E-state index in [2.05, 4.69) is 26.5 Å². The average molecular weight is 360 g/mol. The van der Waals surface area contributed by atoms with E-state index in [0.29, 0.717) is 12.4 Å². The highest BCUT2D eigenvalue weighted by atomic mass is 16.7. The summed E-state index contributed by atoms with van der Waals surface area (Å²) in [7, 11) is 0. The third kappa shape index (κ3) is 6.94. The number of aliphatic hydroxyl groups is 1. The number of rotatable bonds is 9. The second kappa shape index (κ2) is 10.5. The molecule has 1 N–H and O–H groups in total. The molecule has 1 heterocycles. The van der Waals surface area contributed by atoms with E-state index in [0.717, 1.165) is 24.8 Å². The summed E-state index contributed by atoms with van der Waals surface area (Å²) in [5, 5.41) is 9.83. The Labute approximate surface area is 157 Å². The molecule has 0 bridgehead atoms. The predicted octanol–water partition coefficient (Wildman–Crippen LogP) is 4.59. The van der Waals surface area contributed by atoms with E-state index < -0.39 is 6.10 Å². The van der Waals surface area contributed by atoms with Crippen molar-refractivity contribution in [2.24, 2.45) is 5.92 Å². The molecule has 1 aromatic rings. The zero-order chi connectivity index (χ0) is 18.9. The Morgan fingerprint density at radius 2 is 2.08 bits per heavy atom. The van der Waals surface area contributed by atoms with Crippen molar-refractivity contribution in [2.45, 2.75) is 71.2 Å². The van der Waals surface area contributed by atoms with Crippen LogP contribution < -0.4 is 0 Å². The van der Waals surface area contributed by atoms with E-state index in [4.69, 9.17) is 14.2 Å². The number of aliphatic hydroxyl groups excluding tert-OH is 1. The van der Waals surface area contributed by atoms with Crippen LogP contribution >= 0.6 is 0 Å². The van der Waals surface area contributed by atoms with Gasteiger partial charge in [0.25, 0.3) is 0 Å². The molecule has 1 aliphatic heterocycles. The third-order valence-corrected chi connectivity index (χ3v) is 4.65. The minimum atomic E-state index is -0.398. The molecule has 1 fully saturated rings. The van der Waals surface area contributed by atoms with Crippen LogP contribution in [0.25, 0.3) is 0 Å². The van der Waals surface area contributed by atoms with Crippen molar-refractivity contribution >= 4 is 0 Å². The highest BCUT2D eigenvalue weighted by Crippen LogP contribution is 2.27. The van der Waals surface area contributed by atoms with Crippen molar-refractivity contribution < 1.29 is 19.3 Å². The van der Waals surface area contributed by atoms with E-state index in [9.17, 15) is 5.11 Å². The van der Waals surface area contributed by atoms with Crippen LogP contribution in [0.2, 0.25) is 0 Å². The van der Waals surface area contributed by atoms with Gasteiger partial charge in [-0.05, 0) is 44.7 Å². The zero-order valence-electron chi connectivity index (χ0n) is 16.1. The van der Waals surface area contributed by atoms with Gasteiger partial charge in [0.1, 0.15) is 12.4 Å². The number of ether oxygens (including phenoxy) is 3. The normalized spacial score (nSPS) is 27.4. The smallest absolute Gasteiger partial charge is 0.161 e. The standard InChI is InChI=1S/C22H32O4/c1-16-14-21(23)19(4)26-22(16)25-18(3)11-9-8-10-17(2)24-15-20-12-6-5-7-13-20/h5-8,10,12-13,16,18-19,21-23H,2,9,11,14-15H2,1,3-4H3/b10-8+/t16-,18-,19+,21-,22-/m1/s1. The molecule has 2 rings (SSSR count). The second-order valence-electron chi connectivity index (χ2n) is 7.16. The van der Waals surface area contributed by atoms with Crippen molar-refractivity contribution in [1.82, 2.24) is 0 Å². The van der Waals surface area contributed by atoms with Gasteiger partial charge < -0.3 is 19.3 Å². The van der Waals surface area contributed by atoms with E-state index >= 15 is 0 Å². The van der Waals surface area contributed by atoms with Crippen LogP contribution in [0, 0.1) is 5.92 Å². The first kappa shape index (κ1) is 20.7. The van der Waals surface area contributed by atoms with E-state index in [1.165, 1.54) is 0 Å². The van der Waals surface area contributed by atoms with Gasteiger partial charge in [0.2, 0.25) is 0 Å². The van der Waals surface area contributed by atoms with Crippen LogP contribution in [0.3, 0.4) is 0 Å². The first-order valence-corrected chi connectivity index (χ1v) is 9.47. The molecule has 144 valence electrons. The number of allylic oxidation sites excluding steroid dienone is 2. The van der Waals surface area contributed by atoms with Crippen LogP contribution in [-0.4, -0.2) is 29.7 Å². The SMILES string of the molecule is C=C(/C=C/CC[C@@H](C)O[C@@H]1O[C@@H](C)[C@H](O)C[C@H]1C)OCc1ccccc1.